The zero-order valence-corrected chi connectivity index (χ0v) is 13.5. The number of halogens is 2. The number of nitrogens with zero attached hydrogens (tertiary/aromatic N) is 1. The van der Waals surface area contributed by atoms with Crippen molar-refractivity contribution >= 4 is 40.6 Å². The zero-order valence-electron chi connectivity index (χ0n) is 12.0. The second kappa shape index (κ2) is 7.43. The van der Waals surface area contributed by atoms with Crippen molar-refractivity contribution in [2.45, 2.75) is 17.1 Å². The van der Waals surface area contributed by atoms with Gasteiger partial charge in [0.25, 0.3) is 0 Å². The molecule has 0 saturated heterocycles. The van der Waals surface area contributed by atoms with Gasteiger partial charge in [0, 0.05) is 16.6 Å². The van der Waals surface area contributed by atoms with Crippen LogP contribution in [0.3, 0.4) is 0 Å². The molecule has 2 rings (SSSR count). The fourth-order valence-corrected chi connectivity index (χ4v) is 2.91. The molecule has 0 aliphatic carbocycles. The molecule has 0 aromatic heterocycles. The topological polar surface area (TPSA) is 72.2 Å². The third kappa shape index (κ3) is 4.43. The van der Waals surface area contributed by atoms with Crippen molar-refractivity contribution in [3.8, 4) is 0 Å². The van der Waals surface area contributed by atoms with E-state index in [-0.39, 0.29) is 11.6 Å². The molecule has 0 aliphatic rings. The minimum atomic E-state index is -0.952. The highest BCUT2D eigenvalue weighted by Crippen LogP contribution is 2.30. The van der Waals surface area contributed by atoms with Crippen LogP contribution in [0.2, 0.25) is 5.02 Å². The number of hydrogen-bond acceptors (Lipinski definition) is 4. The molecule has 23 heavy (non-hydrogen) atoms. The number of anilines is 1. The van der Waals surface area contributed by atoms with Gasteiger partial charge >= 0.3 is 5.69 Å². The van der Waals surface area contributed by atoms with Gasteiger partial charge in [0.15, 0.2) is 0 Å². The standard InChI is InChI=1S/C15H12ClFN2O3S/c1-9(23-14-5-3-2-4-11(14)16)15(20)18-10-6-7-12(17)13(8-10)19(21)22/h2-9H,1H3,(H,18,20). The predicted octanol–water partition coefficient (Wildman–Crippen LogP) is 4.51. The van der Waals surface area contributed by atoms with Gasteiger partial charge in [-0.3, -0.25) is 14.9 Å². The maximum absolute atomic E-state index is 13.3. The number of thioether (sulfide) groups is 1. The van der Waals surface area contributed by atoms with Gasteiger partial charge in [0.1, 0.15) is 0 Å². The average Bonchev–Trinajstić information content (AvgIpc) is 2.51. The number of nitrogens with one attached hydrogen (secondary N) is 1. The number of rotatable bonds is 5. The molecule has 0 spiro atoms. The van der Waals surface area contributed by atoms with Crippen LogP contribution in [0, 0.1) is 15.9 Å². The normalized spacial score (nSPS) is 11.8. The Morgan fingerprint density at radius 2 is 2.04 bits per heavy atom. The molecule has 1 atom stereocenters. The first-order valence-corrected chi connectivity index (χ1v) is 7.80. The first-order valence-electron chi connectivity index (χ1n) is 6.54. The highest BCUT2D eigenvalue weighted by molar-refractivity contribution is 8.00. The lowest BCUT2D eigenvalue weighted by molar-refractivity contribution is -0.387. The molecule has 0 bridgehead atoms. The highest BCUT2D eigenvalue weighted by Gasteiger charge is 2.19. The van der Waals surface area contributed by atoms with Gasteiger partial charge in [0.05, 0.1) is 15.2 Å². The Kier molecular flexibility index (Phi) is 5.57. The first kappa shape index (κ1) is 17.2. The number of hydrogen-bond donors (Lipinski definition) is 1. The predicted molar refractivity (Wildman–Crippen MR) is 88.5 cm³/mol. The first-order chi connectivity index (χ1) is 10.9. The summed E-state index contributed by atoms with van der Waals surface area (Å²) in [6.45, 7) is 1.68. The lowest BCUT2D eigenvalue weighted by Gasteiger charge is -2.12. The van der Waals surface area contributed by atoms with E-state index < -0.39 is 21.7 Å². The highest BCUT2D eigenvalue weighted by atomic mass is 35.5. The Bertz CT molecular complexity index is 757. The van der Waals surface area contributed by atoms with E-state index in [0.717, 1.165) is 17.0 Å². The van der Waals surface area contributed by atoms with Gasteiger partial charge in [-0.05, 0) is 31.2 Å². The molecule has 120 valence electrons. The van der Waals surface area contributed by atoms with E-state index in [1.54, 1.807) is 25.1 Å². The molecule has 0 fully saturated rings. The lowest BCUT2D eigenvalue weighted by Crippen LogP contribution is -2.22. The van der Waals surface area contributed by atoms with Crippen molar-refractivity contribution in [2.75, 3.05) is 5.32 Å². The maximum Gasteiger partial charge on any atom is 0.306 e. The summed E-state index contributed by atoms with van der Waals surface area (Å²) in [4.78, 5) is 22.8. The Hall–Kier alpha value is -2.12. The molecular formula is C15H12ClFN2O3S. The van der Waals surface area contributed by atoms with Gasteiger partial charge in [-0.1, -0.05) is 23.7 Å². The van der Waals surface area contributed by atoms with E-state index in [1.807, 2.05) is 6.07 Å². The summed E-state index contributed by atoms with van der Waals surface area (Å²) in [7, 11) is 0. The Morgan fingerprint density at radius 1 is 1.35 bits per heavy atom. The zero-order chi connectivity index (χ0) is 17.0. The van der Waals surface area contributed by atoms with Gasteiger partial charge in [-0.25, -0.2) is 0 Å². The fraction of sp³-hybridized carbons (Fsp3) is 0.133. The van der Waals surface area contributed by atoms with Crippen molar-refractivity contribution in [1.29, 1.82) is 0 Å². The van der Waals surface area contributed by atoms with Gasteiger partial charge in [-0.2, -0.15) is 4.39 Å². The molecule has 0 heterocycles. The minimum absolute atomic E-state index is 0.162. The van der Waals surface area contributed by atoms with Gasteiger partial charge in [0.2, 0.25) is 11.7 Å². The molecule has 0 radical (unpaired) electrons. The van der Waals surface area contributed by atoms with E-state index in [0.29, 0.717) is 5.02 Å². The van der Waals surface area contributed by atoms with Crippen LogP contribution >= 0.6 is 23.4 Å². The van der Waals surface area contributed by atoms with Crippen molar-refractivity contribution in [3.63, 3.8) is 0 Å². The number of amides is 1. The van der Waals surface area contributed by atoms with E-state index >= 15 is 0 Å². The van der Waals surface area contributed by atoms with Crippen LogP contribution < -0.4 is 5.32 Å². The van der Waals surface area contributed by atoms with Crippen LogP contribution in [-0.2, 0) is 4.79 Å². The van der Waals surface area contributed by atoms with Crippen LogP contribution in [0.4, 0.5) is 15.8 Å². The number of nitro groups is 1. The summed E-state index contributed by atoms with van der Waals surface area (Å²) in [5, 5.41) is 13.3. The lowest BCUT2D eigenvalue weighted by atomic mass is 10.2. The van der Waals surface area contributed by atoms with Crippen molar-refractivity contribution < 1.29 is 14.1 Å². The van der Waals surface area contributed by atoms with E-state index in [9.17, 15) is 19.3 Å². The summed E-state index contributed by atoms with van der Waals surface area (Å²) in [5.74, 6) is -1.32. The number of nitro benzene ring substituents is 1. The smallest absolute Gasteiger partial charge is 0.306 e. The maximum atomic E-state index is 13.3. The van der Waals surface area contributed by atoms with Crippen LogP contribution in [-0.4, -0.2) is 16.1 Å². The summed E-state index contributed by atoms with van der Waals surface area (Å²) >= 11 is 7.30. The summed E-state index contributed by atoms with van der Waals surface area (Å²) in [6.07, 6.45) is 0. The largest absolute Gasteiger partial charge is 0.325 e. The SMILES string of the molecule is CC(Sc1ccccc1Cl)C(=O)Nc1ccc(F)c([N+](=O)[O-])c1. The van der Waals surface area contributed by atoms with Gasteiger partial charge in [-0.15, -0.1) is 11.8 Å². The molecule has 8 heteroatoms. The molecule has 2 aromatic rings. The molecule has 1 amide bonds. The summed E-state index contributed by atoms with van der Waals surface area (Å²) in [6, 6.07) is 10.3. The average molecular weight is 355 g/mol. The van der Waals surface area contributed by atoms with Crippen molar-refractivity contribution in [2.24, 2.45) is 0 Å². The molecular weight excluding hydrogens is 343 g/mol. The number of benzene rings is 2. The third-order valence-corrected chi connectivity index (χ3v) is 4.54. The molecule has 5 nitrogen and oxygen atoms in total. The summed E-state index contributed by atoms with van der Waals surface area (Å²) in [5.41, 5.74) is -0.524. The van der Waals surface area contributed by atoms with Crippen LogP contribution in [0.5, 0.6) is 0 Å². The molecule has 2 aromatic carbocycles. The van der Waals surface area contributed by atoms with Crippen LogP contribution in [0.25, 0.3) is 0 Å². The number of carbonyl (C=O) groups is 1. The van der Waals surface area contributed by atoms with Crippen molar-refractivity contribution in [1.82, 2.24) is 0 Å². The van der Waals surface area contributed by atoms with Crippen LogP contribution in [0.1, 0.15) is 6.92 Å². The minimum Gasteiger partial charge on any atom is -0.325 e. The Balaban J connectivity index is 2.08. The second-order valence-corrected chi connectivity index (χ2v) is 6.39. The van der Waals surface area contributed by atoms with Gasteiger partial charge < -0.3 is 5.32 Å². The Morgan fingerprint density at radius 3 is 2.70 bits per heavy atom. The molecule has 0 aliphatic heterocycles. The monoisotopic (exact) mass is 354 g/mol. The molecule has 1 unspecified atom stereocenters. The molecule has 1 N–H and O–H groups in total. The van der Waals surface area contributed by atoms with Crippen molar-refractivity contribution in [3.05, 3.63) is 63.4 Å². The van der Waals surface area contributed by atoms with Crippen LogP contribution in [0.15, 0.2) is 47.4 Å². The number of carbonyl (C=O) groups excluding carboxylic acids is 1. The Labute approximate surface area is 141 Å². The summed E-state index contributed by atoms with van der Waals surface area (Å²) < 4.78 is 13.3. The second-order valence-electron chi connectivity index (χ2n) is 4.60. The van der Waals surface area contributed by atoms with E-state index in [1.165, 1.54) is 17.8 Å². The molecule has 0 saturated carbocycles. The van der Waals surface area contributed by atoms with E-state index in [2.05, 4.69) is 5.32 Å². The van der Waals surface area contributed by atoms with E-state index in [4.69, 9.17) is 11.6 Å². The third-order valence-electron chi connectivity index (χ3n) is 2.92. The fourth-order valence-electron chi connectivity index (χ4n) is 1.76. The quantitative estimate of drug-likeness (QED) is 0.487.